The average molecular weight is 415 g/mol. The minimum absolute atomic E-state index is 0.0150. The van der Waals surface area contributed by atoms with Gasteiger partial charge in [-0.3, -0.25) is 9.69 Å². The predicted molar refractivity (Wildman–Crippen MR) is 111 cm³/mol. The second-order valence-corrected chi connectivity index (χ2v) is 7.64. The van der Waals surface area contributed by atoms with Crippen LogP contribution in [0.2, 0.25) is 0 Å². The van der Waals surface area contributed by atoms with E-state index in [-0.39, 0.29) is 47.4 Å². The molecular formula is C22H26FN3O4. The molecule has 0 bridgehead atoms. The van der Waals surface area contributed by atoms with Crippen molar-refractivity contribution in [1.82, 2.24) is 9.80 Å². The van der Waals surface area contributed by atoms with E-state index >= 15 is 0 Å². The number of carboxylic acid groups (broad SMARTS) is 1. The van der Waals surface area contributed by atoms with Gasteiger partial charge in [-0.1, -0.05) is 12.1 Å². The van der Waals surface area contributed by atoms with E-state index in [1.165, 1.54) is 24.3 Å². The Kier molecular flexibility index (Phi) is 6.56. The maximum atomic E-state index is 13.1. The molecule has 1 aliphatic rings. The summed E-state index contributed by atoms with van der Waals surface area (Å²) in [5.41, 5.74) is 6.74. The van der Waals surface area contributed by atoms with Gasteiger partial charge in [0.1, 0.15) is 11.6 Å². The van der Waals surface area contributed by atoms with E-state index in [1.54, 1.807) is 23.1 Å². The Hall–Kier alpha value is -3.13. The first-order valence-electron chi connectivity index (χ1n) is 9.78. The molecule has 0 unspecified atom stereocenters. The van der Waals surface area contributed by atoms with Crippen molar-refractivity contribution >= 4 is 17.6 Å². The summed E-state index contributed by atoms with van der Waals surface area (Å²) in [5.74, 6) is -1.29. The number of benzene rings is 2. The van der Waals surface area contributed by atoms with Gasteiger partial charge in [0.2, 0.25) is 0 Å². The third kappa shape index (κ3) is 5.07. The van der Waals surface area contributed by atoms with Crippen LogP contribution in [0.5, 0.6) is 5.75 Å². The van der Waals surface area contributed by atoms with Crippen LogP contribution in [0.25, 0.3) is 0 Å². The summed E-state index contributed by atoms with van der Waals surface area (Å²) in [4.78, 5) is 27.9. The monoisotopic (exact) mass is 415 g/mol. The minimum atomic E-state index is -1.15. The van der Waals surface area contributed by atoms with Crippen molar-refractivity contribution in [2.45, 2.75) is 32.5 Å². The topological polar surface area (TPSA) is 96.1 Å². The molecule has 160 valence electrons. The maximum Gasteiger partial charge on any atom is 0.337 e. The van der Waals surface area contributed by atoms with Crippen molar-refractivity contribution in [3.63, 3.8) is 0 Å². The van der Waals surface area contributed by atoms with Crippen molar-refractivity contribution in [2.75, 3.05) is 25.4 Å². The van der Waals surface area contributed by atoms with Crippen LogP contribution in [0.1, 0.15) is 29.8 Å². The smallest absolute Gasteiger partial charge is 0.337 e. The number of carbonyl (C=O) groups excluding carboxylic acids is 1. The summed E-state index contributed by atoms with van der Waals surface area (Å²) in [6, 6.07) is 10.9. The highest BCUT2D eigenvalue weighted by atomic mass is 19.1. The Balaban J connectivity index is 1.58. The number of ether oxygens (including phenoxy) is 1. The van der Waals surface area contributed by atoms with Crippen molar-refractivity contribution < 1.29 is 23.8 Å². The molecule has 3 N–H and O–H groups in total. The largest absolute Gasteiger partial charge is 0.484 e. The van der Waals surface area contributed by atoms with Crippen LogP contribution < -0.4 is 10.5 Å². The Morgan fingerprint density at radius 2 is 1.83 bits per heavy atom. The molecule has 1 aliphatic heterocycles. The zero-order valence-corrected chi connectivity index (χ0v) is 17.0. The number of piperazine rings is 1. The highest BCUT2D eigenvalue weighted by molar-refractivity contribution is 5.94. The van der Waals surface area contributed by atoms with E-state index in [0.29, 0.717) is 19.6 Å². The van der Waals surface area contributed by atoms with E-state index in [1.807, 2.05) is 6.92 Å². The van der Waals surface area contributed by atoms with Crippen LogP contribution in [0, 0.1) is 5.82 Å². The Labute approximate surface area is 174 Å². The minimum Gasteiger partial charge on any atom is -0.484 e. The third-order valence-electron chi connectivity index (χ3n) is 5.35. The lowest BCUT2D eigenvalue weighted by Crippen LogP contribution is -2.58. The second-order valence-electron chi connectivity index (χ2n) is 7.64. The molecule has 8 heteroatoms. The molecule has 1 saturated heterocycles. The number of nitrogens with two attached hydrogens (primary N) is 1. The van der Waals surface area contributed by atoms with E-state index < -0.39 is 5.97 Å². The zero-order chi connectivity index (χ0) is 21.8. The summed E-state index contributed by atoms with van der Waals surface area (Å²) >= 11 is 0. The Morgan fingerprint density at radius 3 is 2.50 bits per heavy atom. The number of hydrogen-bond donors (Lipinski definition) is 2. The van der Waals surface area contributed by atoms with Gasteiger partial charge in [0.05, 0.1) is 5.56 Å². The number of hydrogen-bond acceptors (Lipinski definition) is 5. The number of carbonyl (C=O) groups is 2. The number of carboxylic acids is 1. The lowest BCUT2D eigenvalue weighted by molar-refractivity contribution is -0.139. The summed E-state index contributed by atoms with van der Waals surface area (Å²) in [5, 5.41) is 9.15. The number of nitrogens with zero attached hydrogens (tertiary/aromatic N) is 2. The number of rotatable bonds is 6. The standard InChI is InChI=1S/C22H26FN3O4/c1-14-11-26(15(2)10-25(14)12-16-3-5-17(23)6-4-16)21(27)13-30-18-7-8-20(24)19(9-18)22(28)29/h3-9,14-15H,10-13,24H2,1-2H3,(H,28,29)/t14-,15+/m0/s1. The average Bonchev–Trinajstić information content (AvgIpc) is 2.71. The van der Waals surface area contributed by atoms with Crippen LogP contribution in [0.3, 0.4) is 0 Å². The summed E-state index contributed by atoms with van der Waals surface area (Å²) in [6.07, 6.45) is 0. The molecule has 3 rings (SSSR count). The molecule has 0 spiro atoms. The van der Waals surface area contributed by atoms with Crippen molar-refractivity contribution in [3.05, 3.63) is 59.4 Å². The van der Waals surface area contributed by atoms with E-state index in [4.69, 9.17) is 15.6 Å². The van der Waals surface area contributed by atoms with Crippen molar-refractivity contribution in [3.8, 4) is 5.75 Å². The number of anilines is 1. The lowest BCUT2D eigenvalue weighted by atomic mass is 10.1. The van der Waals surface area contributed by atoms with Gasteiger partial charge in [-0.15, -0.1) is 0 Å². The van der Waals surface area contributed by atoms with Gasteiger partial charge < -0.3 is 20.5 Å². The van der Waals surface area contributed by atoms with Gasteiger partial charge in [-0.25, -0.2) is 9.18 Å². The summed E-state index contributed by atoms with van der Waals surface area (Å²) in [7, 11) is 0. The van der Waals surface area contributed by atoms with Gasteiger partial charge in [-0.05, 0) is 49.7 Å². The van der Waals surface area contributed by atoms with Gasteiger partial charge in [0.15, 0.2) is 6.61 Å². The SMILES string of the molecule is C[C@@H]1CN(Cc2ccc(F)cc2)[C@@H](C)CN1C(=O)COc1ccc(N)c(C(=O)O)c1. The second kappa shape index (κ2) is 9.13. The van der Waals surface area contributed by atoms with E-state index in [0.717, 1.165) is 5.56 Å². The van der Waals surface area contributed by atoms with Crippen LogP contribution in [0.4, 0.5) is 10.1 Å². The maximum absolute atomic E-state index is 13.1. The molecular weight excluding hydrogens is 389 g/mol. The van der Waals surface area contributed by atoms with Gasteiger partial charge in [0, 0.05) is 37.4 Å². The van der Waals surface area contributed by atoms with Gasteiger partial charge in [-0.2, -0.15) is 0 Å². The first kappa shape index (κ1) is 21.6. The lowest BCUT2D eigenvalue weighted by Gasteiger charge is -2.44. The molecule has 30 heavy (non-hydrogen) atoms. The number of halogens is 1. The molecule has 0 aromatic heterocycles. The molecule has 1 amide bonds. The van der Waals surface area contributed by atoms with Crippen molar-refractivity contribution in [2.24, 2.45) is 0 Å². The van der Waals surface area contributed by atoms with Gasteiger partial charge in [0.25, 0.3) is 5.91 Å². The number of aromatic carboxylic acids is 1. The highest BCUT2D eigenvalue weighted by Crippen LogP contribution is 2.21. The van der Waals surface area contributed by atoms with Crippen LogP contribution >= 0.6 is 0 Å². The Bertz CT molecular complexity index is 919. The molecule has 2 atom stereocenters. The molecule has 2 aromatic carbocycles. The van der Waals surface area contributed by atoms with Crippen LogP contribution in [-0.4, -0.2) is 58.6 Å². The molecule has 7 nitrogen and oxygen atoms in total. The first-order valence-corrected chi connectivity index (χ1v) is 9.78. The summed E-state index contributed by atoms with van der Waals surface area (Å²) < 4.78 is 18.6. The molecule has 0 aliphatic carbocycles. The zero-order valence-electron chi connectivity index (χ0n) is 17.0. The van der Waals surface area contributed by atoms with Crippen LogP contribution in [0.15, 0.2) is 42.5 Å². The quantitative estimate of drug-likeness (QED) is 0.704. The van der Waals surface area contributed by atoms with Crippen molar-refractivity contribution in [1.29, 1.82) is 0 Å². The van der Waals surface area contributed by atoms with Gasteiger partial charge >= 0.3 is 5.97 Å². The molecule has 0 radical (unpaired) electrons. The third-order valence-corrected chi connectivity index (χ3v) is 5.35. The van der Waals surface area contributed by atoms with E-state index in [9.17, 15) is 14.0 Å². The molecule has 2 aromatic rings. The molecule has 1 fully saturated rings. The fourth-order valence-corrected chi connectivity index (χ4v) is 3.63. The predicted octanol–water partition coefficient (Wildman–Crippen LogP) is 2.61. The number of amides is 1. The normalized spacial score (nSPS) is 19.5. The van der Waals surface area contributed by atoms with Crippen LogP contribution in [-0.2, 0) is 11.3 Å². The Morgan fingerprint density at radius 1 is 1.13 bits per heavy atom. The molecule has 1 heterocycles. The van der Waals surface area contributed by atoms with E-state index in [2.05, 4.69) is 11.8 Å². The highest BCUT2D eigenvalue weighted by Gasteiger charge is 2.32. The molecule has 0 saturated carbocycles. The summed E-state index contributed by atoms with van der Waals surface area (Å²) in [6.45, 7) is 5.77. The fourth-order valence-electron chi connectivity index (χ4n) is 3.63. The number of nitrogen functional groups attached to an aromatic ring is 1. The fraction of sp³-hybridized carbons (Fsp3) is 0.364. The first-order chi connectivity index (χ1) is 14.2.